The highest BCUT2D eigenvalue weighted by molar-refractivity contribution is 7.90. The summed E-state index contributed by atoms with van der Waals surface area (Å²) in [5, 5.41) is 0. The van der Waals surface area contributed by atoms with E-state index in [1.54, 1.807) is 12.1 Å². The fourth-order valence-electron chi connectivity index (χ4n) is 2.69. The first kappa shape index (κ1) is 23.6. The van der Waals surface area contributed by atoms with Gasteiger partial charge in [0.1, 0.15) is 0 Å². The fourth-order valence-corrected chi connectivity index (χ4v) is 3.56. The van der Waals surface area contributed by atoms with Gasteiger partial charge in [-0.05, 0) is 24.6 Å². The van der Waals surface area contributed by atoms with Crippen molar-refractivity contribution in [1.82, 2.24) is 19.7 Å². The first-order chi connectivity index (χ1) is 15.2. The van der Waals surface area contributed by atoms with Crippen molar-refractivity contribution < 1.29 is 31.1 Å². The quantitative estimate of drug-likeness (QED) is 0.437. The Hall–Kier alpha value is -3.03. The summed E-state index contributed by atoms with van der Waals surface area (Å²) < 4.78 is 80.4. The SMILES string of the molecule is COCCCNS(=O)(=O)Nc1nc2ccccc2nc1OC(c1cccnc1)C(F)(F)F. The number of rotatable bonds is 10. The molecule has 0 radical (unpaired) electrons. The van der Waals surface area contributed by atoms with E-state index in [1.807, 2.05) is 0 Å². The predicted octanol–water partition coefficient (Wildman–Crippen LogP) is 2.99. The highest BCUT2D eigenvalue weighted by Gasteiger charge is 2.44. The molecule has 2 aromatic heterocycles. The van der Waals surface area contributed by atoms with Gasteiger partial charge in [0.25, 0.3) is 16.1 Å². The fraction of sp³-hybridized carbons (Fsp3) is 0.316. The maximum atomic E-state index is 13.8. The van der Waals surface area contributed by atoms with Crippen LogP contribution in [0.1, 0.15) is 18.1 Å². The normalized spacial score (nSPS) is 13.1. The lowest BCUT2D eigenvalue weighted by Crippen LogP contribution is -2.32. The molecule has 0 amide bonds. The smallest absolute Gasteiger partial charge is 0.429 e. The third kappa shape index (κ3) is 6.24. The Morgan fingerprint density at radius 3 is 2.44 bits per heavy atom. The molecule has 2 N–H and O–H groups in total. The largest absolute Gasteiger partial charge is 0.457 e. The molecule has 3 rings (SSSR count). The average molecular weight is 471 g/mol. The molecule has 0 aliphatic rings. The van der Waals surface area contributed by atoms with Crippen LogP contribution in [0.15, 0.2) is 48.8 Å². The van der Waals surface area contributed by atoms with Crippen LogP contribution >= 0.6 is 0 Å². The molecule has 1 atom stereocenters. The molecule has 32 heavy (non-hydrogen) atoms. The second-order valence-electron chi connectivity index (χ2n) is 6.54. The van der Waals surface area contributed by atoms with Crippen LogP contribution in [-0.4, -0.2) is 49.8 Å². The lowest BCUT2D eigenvalue weighted by Gasteiger charge is -2.22. The molecule has 0 bridgehead atoms. The minimum absolute atomic E-state index is 0.0429. The lowest BCUT2D eigenvalue weighted by molar-refractivity contribution is -0.198. The number of hydrogen-bond acceptors (Lipinski definition) is 7. The summed E-state index contributed by atoms with van der Waals surface area (Å²) in [6.07, 6.45) is -4.55. The number of pyridine rings is 1. The number of nitrogens with one attached hydrogen (secondary N) is 2. The second kappa shape index (κ2) is 10.1. The molecule has 0 spiro atoms. The van der Waals surface area contributed by atoms with Gasteiger partial charge >= 0.3 is 6.18 Å². The molecule has 0 saturated carbocycles. The Bertz CT molecular complexity index is 1150. The Morgan fingerprint density at radius 1 is 1.09 bits per heavy atom. The summed E-state index contributed by atoms with van der Waals surface area (Å²) in [5.41, 5.74) is 0.217. The average Bonchev–Trinajstić information content (AvgIpc) is 2.74. The molecule has 1 aromatic carbocycles. The van der Waals surface area contributed by atoms with Gasteiger partial charge in [-0.15, -0.1) is 0 Å². The van der Waals surface area contributed by atoms with Crippen LogP contribution in [0.2, 0.25) is 0 Å². The van der Waals surface area contributed by atoms with E-state index in [0.29, 0.717) is 13.0 Å². The maximum Gasteiger partial charge on any atom is 0.429 e. The zero-order valence-electron chi connectivity index (χ0n) is 16.8. The van der Waals surface area contributed by atoms with Gasteiger partial charge < -0.3 is 9.47 Å². The number of ether oxygens (including phenoxy) is 2. The first-order valence-corrected chi connectivity index (χ1v) is 10.8. The molecule has 3 aromatic rings. The third-order valence-electron chi connectivity index (χ3n) is 4.10. The molecule has 172 valence electrons. The summed E-state index contributed by atoms with van der Waals surface area (Å²) in [6.45, 7) is 0.367. The highest BCUT2D eigenvalue weighted by Crippen LogP contribution is 2.38. The van der Waals surface area contributed by atoms with Crippen LogP contribution in [-0.2, 0) is 14.9 Å². The van der Waals surface area contributed by atoms with Crippen molar-refractivity contribution in [3.63, 3.8) is 0 Å². The number of halogens is 3. The maximum absolute atomic E-state index is 13.8. The monoisotopic (exact) mass is 471 g/mol. The minimum Gasteiger partial charge on any atom is -0.457 e. The van der Waals surface area contributed by atoms with E-state index in [9.17, 15) is 21.6 Å². The van der Waals surface area contributed by atoms with Gasteiger partial charge in [-0.3, -0.25) is 9.71 Å². The van der Waals surface area contributed by atoms with E-state index >= 15 is 0 Å². The molecule has 0 aliphatic heterocycles. The topological polar surface area (TPSA) is 115 Å². The van der Waals surface area contributed by atoms with Crippen LogP contribution < -0.4 is 14.2 Å². The minimum atomic E-state index is -4.83. The van der Waals surface area contributed by atoms with Crippen molar-refractivity contribution in [2.24, 2.45) is 0 Å². The second-order valence-corrected chi connectivity index (χ2v) is 8.04. The van der Waals surface area contributed by atoms with E-state index in [2.05, 4.69) is 24.4 Å². The first-order valence-electron chi connectivity index (χ1n) is 9.36. The van der Waals surface area contributed by atoms with Crippen LogP contribution in [0.3, 0.4) is 0 Å². The summed E-state index contributed by atoms with van der Waals surface area (Å²) in [6, 6.07) is 8.83. The Labute approximate surface area is 182 Å². The van der Waals surface area contributed by atoms with Gasteiger partial charge in [-0.1, -0.05) is 18.2 Å². The van der Waals surface area contributed by atoms with Crippen LogP contribution in [0.5, 0.6) is 5.88 Å². The summed E-state index contributed by atoms with van der Waals surface area (Å²) in [4.78, 5) is 11.9. The number of para-hydroxylation sites is 2. The summed E-state index contributed by atoms with van der Waals surface area (Å²) in [7, 11) is -2.70. The molecule has 2 heterocycles. The Kier molecular flexibility index (Phi) is 7.43. The number of fused-ring (bicyclic) bond motifs is 1. The molecule has 0 fully saturated rings. The van der Waals surface area contributed by atoms with Gasteiger partial charge in [0.15, 0.2) is 0 Å². The van der Waals surface area contributed by atoms with Gasteiger partial charge in [0.05, 0.1) is 11.0 Å². The number of hydrogen-bond donors (Lipinski definition) is 2. The Balaban J connectivity index is 1.97. The van der Waals surface area contributed by atoms with Gasteiger partial charge in [0, 0.05) is 38.2 Å². The number of anilines is 1. The van der Waals surface area contributed by atoms with Crippen molar-refractivity contribution in [3.8, 4) is 5.88 Å². The number of aromatic nitrogens is 3. The van der Waals surface area contributed by atoms with Crippen molar-refractivity contribution in [3.05, 3.63) is 54.4 Å². The molecule has 13 heteroatoms. The van der Waals surface area contributed by atoms with Crippen molar-refractivity contribution in [1.29, 1.82) is 0 Å². The number of methoxy groups -OCH3 is 1. The zero-order chi connectivity index (χ0) is 23.2. The van der Waals surface area contributed by atoms with E-state index in [4.69, 9.17) is 9.47 Å². The number of benzene rings is 1. The zero-order valence-corrected chi connectivity index (χ0v) is 17.7. The van der Waals surface area contributed by atoms with E-state index in [-0.39, 0.29) is 23.1 Å². The predicted molar refractivity (Wildman–Crippen MR) is 110 cm³/mol. The molecule has 1 unspecified atom stereocenters. The summed E-state index contributed by atoms with van der Waals surface area (Å²) in [5.74, 6) is -1.11. The van der Waals surface area contributed by atoms with Crippen molar-refractivity contribution in [2.45, 2.75) is 18.7 Å². The molecular weight excluding hydrogens is 451 g/mol. The van der Waals surface area contributed by atoms with E-state index in [1.165, 1.54) is 37.6 Å². The third-order valence-corrected chi connectivity index (χ3v) is 5.15. The lowest BCUT2D eigenvalue weighted by atomic mass is 10.1. The van der Waals surface area contributed by atoms with E-state index < -0.39 is 34.2 Å². The van der Waals surface area contributed by atoms with Gasteiger partial charge in [-0.25, -0.2) is 9.97 Å². The Morgan fingerprint density at radius 2 is 1.81 bits per heavy atom. The van der Waals surface area contributed by atoms with Crippen LogP contribution in [0, 0.1) is 0 Å². The number of nitrogens with zero attached hydrogens (tertiary/aromatic N) is 3. The van der Waals surface area contributed by atoms with Crippen molar-refractivity contribution in [2.75, 3.05) is 25.0 Å². The van der Waals surface area contributed by atoms with Crippen LogP contribution in [0.25, 0.3) is 11.0 Å². The molecule has 0 saturated heterocycles. The molecule has 9 nitrogen and oxygen atoms in total. The highest BCUT2D eigenvalue weighted by atomic mass is 32.2. The van der Waals surface area contributed by atoms with Crippen molar-refractivity contribution >= 4 is 27.1 Å². The number of alkyl halides is 3. The van der Waals surface area contributed by atoms with Crippen LogP contribution in [0.4, 0.5) is 19.0 Å². The summed E-state index contributed by atoms with van der Waals surface area (Å²) >= 11 is 0. The van der Waals surface area contributed by atoms with E-state index in [0.717, 1.165) is 6.20 Å². The molecule has 0 aliphatic carbocycles. The standard InChI is InChI=1S/C19H20F3N5O4S/c1-30-11-5-10-24-32(28,29)27-17-18(26-15-8-3-2-7-14(15)25-17)31-16(19(20,21)22)13-6-4-9-23-12-13/h2-4,6-9,12,16,24H,5,10-11H2,1H3,(H,25,27). The van der Waals surface area contributed by atoms with Gasteiger partial charge in [0.2, 0.25) is 11.9 Å². The van der Waals surface area contributed by atoms with Gasteiger partial charge in [-0.2, -0.15) is 26.3 Å². The molecular formula is C19H20F3N5O4S.